The highest BCUT2D eigenvalue weighted by Crippen LogP contribution is 2.32. The molecule has 3 aromatic rings. The average molecular weight is 327 g/mol. The van der Waals surface area contributed by atoms with Gasteiger partial charge < -0.3 is 4.57 Å². The van der Waals surface area contributed by atoms with Crippen LogP contribution in [0.1, 0.15) is 49.4 Å². The van der Waals surface area contributed by atoms with E-state index < -0.39 is 0 Å². The zero-order valence-corrected chi connectivity index (χ0v) is 13.7. The second-order valence-corrected chi connectivity index (χ2v) is 6.60. The van der Waals surface area contributed by atoms with Crippen LogP contribution >= 0.6 is 11.6 Å². The minimum absolute atomic E-state index is 0.436. The maximum Gasteiger partial charge on any atom is 0.165 e. The van der Waals surface area contributed by atoms with Crippen LogP contribution in [0.4, 0.5) is 0 Å². The van der Waals surface area contributed by atoms with Gasteiger partial charge in [-0.3, -0.25) is 0 Å². The average Bonchev–Trinajstić information content (AvgIpc) is 3.00. The van der Waals surface area contributed by atoms with Crippen molar-refractivity contribution >= 4 is 22.8 Å². The molecule has 4 rings (SSSR count). The molecule has 1 saturated carbocycles. The number of nitrogens with zero attached hydrogens (tertiary/aromatic N) is 4. The number of benzene rings is 1. The molecular formula is C18H19ClN4. The summed E-state index contributed by atoms with van der Waals surface area (Å²) in [5.74, 6) is 1.32. The Kier molecular flexibility index (Phi) is 4.00. The number of rotatable bonds is 3. The quantitative estimate of drug-likeness (QED) is 0.662. The Morgan fingerprint density at radius 3 is 2.61 bits per heavy atom. The molecule has 1 aliphatic rings. The van der Waals surface area contributed by atoms with Crippen LogP contribution in [0.2, 0.25) is 5.15 Å². The highest BCUT2D eigenvalue weighted by molar-refractivity contribution is 6.33. The minimum atomic E-state index is 0.436. The number of hydrogen-bond acceptors (Lipinski definition) is 3. The van der Waals surface area contributed by atoms with Gasteiger partial charge in [0.1, 0.15) is 11.3 Å². The van der Waals surface area contributed by atoms with Gasteiger partial charge in [0, 0.05) is 5.92 Å². The maximum absolute atomic E-state index is 6.37. The third-order valence-corrected chi connectivity index (χ3v) is 4.87. The van der Waals surface area contributed by atoms with Crippen molar-refractivity contribution in [3.8, 4) is 0 Å². The maximum atomic E-state index is 6.37. The van der Waals surface area contributed by atoms with Crippen LogP contribution in [-0.4, -0.2) is 19.5 Å². The van der Waals surface area contributed by atoms with Gasteiger partial charge in [-0.2, -0.15) is 0 Å². The molecule has 5 heteroatoms. The minimum Gasteiger partial charge on any atom is -0.311 e. The normalized spacial score (nSPS) is 16.0. The van der Waals surface area contributed by atoms with Crippen molar-refractivity contribution in [2.45, 2.75) is 44.6 Å². The molecule has 0 atom stereocenters. The molecule has 0 bridgehead atoms. The lowest BCUT2D eigenvalue weighted by molar-refractivity contribution is 0.429. The van der Waals surface area contributed by atoms with Gasteiger partial charge in [0.15, 0.2) is 10.8 Å². The monoisotopic (exact) mass is 326 g/mol. The van der Waals surface area contributed by atoms with Crippen molar-refractivity contribution in [2.24, 2.45) is 0 Å². The molecule has 0 aliphatic heterocycles. The number of hydrogen-bond donors (Lipinski definition) is 0. The van der Waals surface area contributed by atoms with E-state index in [1.807, 2.05) is 24.5 Å². The van der Waals surface area contributed by atoms with Crippen molar-refractivity contribution in [2.75, 3.05) is 0 Å². The third kappa shape index (κ3) is 2.95. The smallest absolute Gasteiger partial charge is 0.165 e. The Labute approximate surface area is 140 Å². The number of aromatic nitrogens is 4. The molecule has 1 fully saturated rings. The molecule has 0 radical (unpaired) electrons. The van der Waals surface area contributed by atoms with Crippen LogP contribution in [-0.2, 0) is 6.54 Å². The lowest BCUT2D eigenvalue weighted by Crippen LogP contribution is -2.10. The Hall–Kier alpha value is -1.94. The van der Waals surface area contributed by atoms with Crippen LogP contribution in [0, 0.1) is 0 Å². The first-order valence-corrected chi connectivity index (χ1v) is 8.61. The molecule has 1 aliphatic carbocycles. The number of halogens is 1. The SMILES string of the molecule is Clc1nc(C2CCCCC2)nc2c1ncn2Cc1ccccc1. The molecule has 0 saturated heterocycles. The second-order valence-electron chi connectivity index (χ2n) is 6.24. The summed E-state index contributed by atoms with van der Waals surface area (Å²) < 4.78 is 2.06. The summed E-state index contributed by atoms with van der Waals surface area (Å²) in [6.45, 7) is 0.745. The summed E-state index contributed by atoms with van der Waals surface area (Å²) in [5, 5.41) is 0.474. The zero-order valence-electron chi connectivity index (χ0n) is 13.0. The van der Waals surface area contributed by atoms with Crippen molar-refractivity contribution in [3.63, 3.8) is 0 Å². The molecule has 2 heterocycles. The van der Waals surface area contributed by atoms with Crippen LogP contribution in [0.15, 0.2) is 36.7 Å². The van der Waals surface area contributed by atoms with Crippen LogP contribution < -0.4 is 0 Å². The Bertz CT molecular complexity index is 807. The van der Waals surface area contributed by atoms with Gasteiger partial charge in [-0.1, -0.05) is 61.2 Å². The summed E-state index contributed by atoms with van der Waals surface area (Å²) in [7, 11) is 0. The molecule has 2 aromatic heterocycles. The van der Waals surface area contributed by atoms with Gasteiger partial charge in [0.2, 0.25) is 0 Å². The van der Waals surface area contributed by atoms with Gasteiger partial charge in [-0.25, -0.2) is 15.0 Å². The predicted molar refractivity (Wildman–Crippen MR) is 91.7 cm³/mol. The van der Waals surface area contributed by atoms with E-state index in [2.05, 4.69) is 26.7 Å². The first kappa shape index (κ1) is 14.6. The van der Waals surface area contributed by atoms with E-state index in [0.29, 0.717) is 16.6 Å². The molecule has 0 amide bonds. The van der Waals surface area contributed by atoms with E-state index in [4.69, 9.17) is 16.6 Å². The summed E-state index contributed by atoms with van der Waals surface area (Å²) >= 11 is 6.37. The molecule has 0 spiro atoms. The van der Waals surface area contributed by atoms with Gasteiger partial charge in [0.05, 0.1) is 12.9 Å². The third-order valence-electron chi connectivity index (χ3n) is 4.60. The lowest BCUT2D eigenvalue weighted by atomic mass is 9.89. The lowest BCUT2D eigenvalue weighted by Gasteiger charge is -2.20. The first-order valence-electron chi connectivity index (χ1n) is 8.23. The summed E-state index contributed by atoms with van der Waals surface area (Å²) in [5.41, 5.74) is 2.76. The molecule has 0 unspecified atom stereocenters. The summed E-state index contributed by atoms with van der Waals surface area (Å²) in [6.07, 6.45) is 7.96. The highest BCUT2D eigenvalue weighted by atomic mass is 35.5. The van der Waals surface area contributed by atoms with Crippen LogP contribution in [0.25, 0.3) is 11.2 Å². The molecule has 118 valence electrons. The number of fused-ring (bicyclic) bond motifs is 1. The topological polar surface area (TPSA) is 43.6 Å². The van der Waals surface area contributed by atoms with Gasteiger partial charge in [0.25, 0.3) is 0 Å². The van der Waals surface area contributed by atoms with Crippen molar-refractivity contribution in [1.82, 2.24) is 19.5 Å². The van der Waals surface area contributed by atoms with E-state index >= 15 is 0 Å². The van der Waals surface area contributed by atoms with E-state index in [-0.39, 0.29) is 0 Å². The second kappa shape index (κ2) is 6.28. The first-order chi connectivity index (χ1) is 11.3. The Morgan fingerprint density at radius 1 is 1.04 bits per heavy atom. The molecule has 0 N–H and O–H groups in total. The number of imidazole rings is 1. The van der Waals surface area contributed by atoms with Crippen molar-refractivity contribution < 1.29 is 0 Å². The summed E-state index contributed by atoms with van der Waals surface area (Å²) in [6, 6.07) is 10.3. The van der Waals surface area contributed by atoms with E-state index in [9.17, 15) is 0 Å². The summed E-state index contributed by atoms with van der Waals surface area (Å²) in [4.78, 5) is 13.8. The van der Waals surface area contributed by atoms with Crippen molar-refractivity contribution in [1.29, 1.82) is 0 Å². The predicted octanol–water partition coefficient (Wildman–Crippen LogP) is 4.58. The Balaban J connectivity index is 1.73. The fraction of sp³-hybridized carbons (Fsp3) is 0.389. The van der Waals surface area contributed by atoms with E-state index in [1.165, 1.54) is 24.8 Å². The van der Waals surface area contributed by atoms with Gasteiger partial charge in [-0.05, 0) is 18.4 Å². The molecular weight excluding hydrogens is 308 g/mol. The van der Waals surface area contributed by atoms with Gasteiger partial charge >= 0.3 is 0 Å². The largest absolute Gasteiger partial charge is 0.311 e. The molecule has 23 heavy (non-hydrogen) atoms. The highest BCUT2D eigenvalue weighted by Gasteiger charge is 2.21. The van der Waals surface area contributed by atoms with E-state index in [0.717, 1.165) is 30.9 Å². The fourth-order valence-corrected chi connectivity index (χ4v) is 3.58. The fourth-order valence-electron chi connectivity index (χ4n) is 3.36. The van der Waals surface area contributed by atoms with Crippen molar-refractivity contribution in [3.05, 3.63) is 53.2 Å². The van der Waals surface area contributed by atoms with Crippen LogP contribution in [0.5, 0.6) is 0 Å². The standard InChI is InChI=1S/C18H19ClN4/c19-16-15-18(22-17(21-16)14-9-5-2-6-10-14)23(12-20-15)11-13-7-3-1-4-8-13/h1,3-4,7-8,12,14H,2,5-6,9-11H2. The molecule has 4 nitrogen and oxygen atoms in total. The van der Waals surface area contributed by atoms with E-state index in [1.54, 1.807) is 0 Å². The van der Waals surface area contributed by atoms with Gasteiger partial charge in [-0.15, -0.1) is 0 Å². The zero-order chi connectivity index (χ0) is 15.6. The Morgan fingerprint density at radius 2 is 1.83 bits per heavy atom. The van der Waals surface area contributed by atoms with Crippen LogP contribution in [0.3, 0.4) is 0 Å². The molecule has 1 aromatic carbocycles.